The molecule has 7 heteroatoms. The lowest BCUT2D eigenvalue weighted by Gasteiger charge is -2.22. The van der Waals surface area contributed by atoms with Gasteiger partial charge in [-0.2, -0.15) is 0 Å². The highest BCUT2D eigenvalue weighted by molar-refractivity contribution is 5.79. The molecule has 0 fully saturated rings. The molecule has 0 atom stereocenters. The van der Waals surface area contributed by atoms with Crippen molar-refractivity contribution < 1.29 is 0 Å². The van der Waals surface area contributed by atoms with Crippen molar-refractivity contribution in [1.29, 1.82) is 0 Å². The molecule has 1 N–H and O–H groups in total. The van der Waals surface area contributed by atoms with E-state index in [4.69, 9.17) is 0 Å². The molecule has 0 radical (unpaired) electrons. The van der Waals surface area contributed by atoms with Gasteiger partial charge in [0.1, 0.15) is 12.9 Å². The predicted octanol–water partition coefficient (Wildman–Crippen LogP) is 1.23. The summed E-state index contributed by atoms with van der Waals surface area (Å²) in [7, 11) is 4.09. The van der Waals surface area contributed by atoms with E-state index in [0.29, 0.717) is 6.54 Å². The zero-order valence-electron chi connectivity index (χ0n) is 13.8. The summed E-state index contributed by atoms with van der Waals surface area (Å²) in [6, 6.07) is 4.17. The maximum Gasteiger partial charge on any atom is 0.194 e. The molecule has 0 aliphatic carbocycles. The number of hydrogen-bond acceptors (Lipinski definition) is 3. The molecular weight excluding hydrogens is 278 g/mol. The van der Waals surface area contributed by atoms with Gasteiger partial charge in [-0.1, -0.05) is 0 Å². The van der Waals surface area contributed by atoms with Crippen molar-refractivity contribution in [2.45, 2.75) is 33.5 Å². The molecule has 0 spiro atoms. The number of guanidine groups is 1. The average molecular weight is 303 g/mol. The van der Waals surface area contributed by atoms with Gasteiger partial charge in [-0.3, -0.25) is 0 Å². The summed E-state index contributed by atoms with van der Waals surface area (Å²) in [5.74, 6) is 1.75. The van der Waals surface area contributed by atoms with Crippen LogP contribution in [0, 0.1) is 0 Å². The Morgan fingerprint density at radius 1 is 1.41 bits per heavy atom. The number of hydrogen-bond donors (Lipinski definition) is 1. The molecule has 0 aliphatic heterocycles. The smallest absolute Gasteiger partial charge is 0.194 e. The van der Waals surface area contributed by atoms with Gasteiger partial charge in [0.2, 0.25) is 0 Å². The molecule has 0 saturated heterocycles. The summed E-state index contributed by atoms with van der Waals surface area (Å²) in [5, 5.41) is 11.4. The van der Waals surface area contributed by atoms with Gasteiger partial charge in [-0.15, -0.1) is 10.2 Å². The molecule has 0 aliphatic rings. The van der Waals surface area contributed by atoms with Crippen LogP contribution in [-0.4, -0.2) is 43.8 Å². The minimum atomic E-state index is 0.521. The number of aliphatic imine (C=N–C) groups is 1. The molecule has 7 nitrogen and oxygen atoms in total. The fraction of sp³-hybridized carbons (Fsp3) is 0.533. The van der Waals surface area contributed by atoms with Crippen LogP contribution in [0.3, 0.4) is 0 Å². The Labute approximate surface area is 131 Å². The number of aryl methyl sites for hydroxylation is 2. The normalized spacial score (nSPS) is 11.7. The molecule has 2 heterocycles. The second kappa shape index (κ2) is 7.63. The third-order valence-corrected chi connectivity index (χ3v) is 3.55. The predicted molar refractivity (Wildman–Crippen MR) is 87.4 cm³/mol. The lowest BCUT2D eigenvalue weighted by molar-refractivity contribution is 0.461. The second-order valence-electron chi connectivity index (χ2n) is 5.17. The van der Waals surface area contributed by atoms with E-state index in [0.717, 1.165) is 31.4 Å². The Balaban J connectivity index is 2.07. The van der Waals surface area contributed by atoms with Gasteiger partial charge in [0.05, 0.1) is 6.54 Å². The van der Waals surface area contributed by atoms with Gasteiger partial charge in [-0.05, 0) is 26.0 Å². The van der Waals surface area contributed by atoms with E-state index >= 15 is 0 Å². The molecular formula is C15H25N7. The first-order chi connectivity index (χ1) is 10.7. The van der Waals surface area contributed by atoms with E-state index in [1.165, 1.54) is 5.69 Å². The van der Waals surface area contributed by atoms with E-state index < -0.39 is 0 Å². The van der Waals surface area contributed by atoms with Crippen molar-refractivity contribution >= 4 is 5.96 Å². The highest BCUT2D eigenvalue weighted by Gasteiger charge is 2.09. The summed E-state index contributed by atoms with van der Waals surface area (Å²) in [6.45, 7) is 7.15. The van der Waals surface area contributed by atoms with E-state index in [9.17, 15) is 0 Å². The first-order valence-electron chi connectivity index (χ1n) is 7.62. The highest BCUT2D eigenvalue weighted by Crippen LogP contribution is 2.05. The largest absolute Gasteiger partial charge is 0.357 e. The first kappa shape index (κ1) is 16.1. The Bertz CT molecular complexity index is 611. The zero-order valence-corrected chi connectivity index (χ0v) is 13.8. The van der Waals surface area contributed by atoms with Crippen LogP contribution in [0.5, 0.6) is 0 Å². The standard InChI is InChI=1S/C15H25N7/c1-5-16-15(17-10-14-19-18-12-22(14)6-2)21(4)11-13-8-7-9-20(13)3/h7-9,12H,5-6,10-11H2,1-4H3,(H,16,17). The molecule has 2 rings (SSSR count). The highest BCUT2D eigenvalue weighted by atomic mass is 15.3. The van der Waals surface area contributed by atoms with E-state index in [1.807, 2.05) is 11.6 Å². The van der Waals surface area contributed by atoms with Crippen molar-refractivity contribution in [2.24, 2.45) is 12.0 Å². The van der Waals surface area contributed by atoms with Crippen LogP contribution in [0.1, 0.15) is 25.4 Å². The average Bonchev–Trinajstić information content (AvgIpc) is 3.12. The Hall–Kier alpha value is -2.31. The summed E-state index contributed by atoms with van der Waals surface area (Å²) in [4.78, 5) is 6.79. The maximum atomic E-state index is 4.67. The number of aromatic nitrogens is 4. The molecule has 22 heavy (non-hydrogen) atoms. The molecule has 0 unspecified atom stereocenters. The van der Waals surface area contributed by atoms with Crippen molar-refractivity contribution in [2.75, 3.05) is 13.6 Å². The molecule has 0 aromatic carbocycles. The fourth-order valence-corrected chi connectivity index (χ4v) is 2.26. The molecule has 2 aromatic rings. The van der Waals surface area contributed by atoms with Gasteiger partial charge in [0.25, 0.3) is 0 Å². The van der Waals surface area contributed by atoms with E-state index in [1.54, 1.807) is 6.33 Å². The summed E-state index contributed by atoms with van der Waals surface area (Å²) < 4.78 is 4.12. The topological polar surface area (TPSA) is 63.3 Å². The zero-order chi connectivity index (χ0) is 15.9. The number of nitrogens with one attached hydrogen (secondary N) is 1. The first-order valence-corrected chi connectivity index (χ1v) is 7.62. The third kappa shape index (κ3) is 3.87. The Morgan fingerprint density at radius 2 is 2.23 bits per heavy atom. The SMILES string of the molecule is CCNC(=NCc1nncn1CC)N(C)Cc1cccn1C. The van der Waals surface area contributed by atoms with Gasteiger partial charge in [0, 0.05) is 39.1 Å². The van der Waals surface area contributed by atoms with Crippen molar-refractivity contribution in [1.82, 2.24) is 29.5 Å². The molecule has 0 saturated carbocycles. The van der Waals surface area contributed by atoms with Crippen LogP contribution in [-0.2, 0) is 26.7 Å². The summed E-state index contributed by atoms with van der Waals surface area (Å²) in [5.41, 5.74) is 1.24. The molecule has 120 valence electrons. The van der Waals surface area contributed by atoms with Crippen molar-refractivity contribution in [3.8, 4) is 0 Å². The van der Waals surface area contributed by atoms with Gasteiger partial charge in [-0.25, -0.2) is 4.99 Å². The van der Waals surface area contributed by atoms with Crippen LogP contribution < -0.4 is 5.32 Å². The lowest BCUT2D eigenvalue weighted by Crippen LogP contribution is -2.38. The van der Waals surface area contributed by atoms with Crippen LogP contribution in [0.25, 0.3) is 0 Å². The monoisotopic (exact) mass is 303 g/mol. The summed E-state index contributed by atoms with van der Waals surface area (Å²) in [6.07, 6.45) is 3.79. The minimum absolute atomic E-state index is 0.521. The maximum absolute atomic E-state index is 4.67. The Kier molecular flexibility index (Phi) is 5.57. The van der Waals surface area contributed by atoms with Crippen molar-refractivity contribution in [3.63, 3.8) is 0 Å². The van der Waals surface area contributed by atoms with E-state index in [2.05, 4.69) is 69.2 Å². The van der Waals surface area contributed by atoms with Crippen LogP contribution in [0.4, 0.5) is 0 Å². The van der Waals surface area contributed by atoms with Crippen LogP contribution >= 0.6 is 0 Å². The third-order valence-electron chi connectivity index (χ3n) is 3.55. The molecule has 2 aromatic heterocycles. The lowest BCUT2D eigenvalue weighted by atomic mass is 10.4. The quantitative estimate of drug-likeness (QED) is 0.644. The van der Waals surface area contributed by atoms with Crippen LogP contribution in [0.2, 0.25) is 0 Å². The summed E-state index contributed by atoms with van der Waals surface area (Å²) >= 11 is 0. The van der Waals surface area contributed by atoms with Gasteiger partial charge >= 0.3 is 0 Å². The molecule has 0 amide bonds. The van der Waals surface area contributed by atoms with Crippen LogP contribution in [0.15, 0.2) is 29.6 Å². The van der Waals surface area contributed by atoms with Gasteiger partial charge < -0.3 is 19.4 Å². The van der Waals surface area contributed by atoms with Crippen molar-refractivity contribution in [3.05, 3.63) is 36.2 Å². The van der Waals surface area contributed by atoms with E-state index in [-0.39, 0.29) is 0 Å². The Morgan fingerprint density at radius 3 is 2.86 bits per heavy atom. The number of nitrogens with zero attached hydrogens (tertiary/aromatic N) is 6. The molecule has 0 bridgehead atoms. The van der Waals surface area contributed by atoms with Gasteiger partial charge in [0.15, 0.2) is 11.8 Å². The second-order valence-corrected chi connectivity index (χ2v) is 5.17. The minimum Gasteiger partial charge on any atom is -0.357 e. The number of rotatable bonds is 6. The fourth-order valence-electron chi connectivity index (χ4n) is 2.26.